The fourth-order valence-corrected chi connectivity index (χ4v) is 2.50. The fraction of sp³-hybridized carbons (Fsp3) is 0.588. The summed E-state index contributed by atoms with van der Waals surface area (Å²) in [5, 5.41) is 0. The molecular weight excluding hydrogens is 280 g/mol. The summed E-state index contributed by atoms with van der Waals surface area (Å²) < 4.78 is 5.36. The molecule has 1 fully saturated rings. The average molecular weight is 304 g/mol. The molecule has 1 saturated heterocycles. The van der Waals surface area contributed by atoms with E-state index in [-0.39, 0.29) is 17.8 Å². The summed E-state index contributed by atoms with van der Waals surface area (Å²) in [6.07, 6.45) is 2.69. The number of nitrogens with zero attached hydrogens (tertiary/aromatic N) is 2. The first-order valence-corrected chi connectivity index (χ1v) is 7.71. The summed E-state index contributed by atoms with van der Waals surface area (Å²) in [6.45, 7) is 8.57. The summed E-state index contributed by atoms with van der Waals surface area (Å²) in [6, 6.07) is 3.67. The monoisotopic (exact) mass is 304 g/mol. The highest BCUT2D eigenvalue weighted by Gasteiger charge is 2.30. The minimum atomic E-state index is -0.489. The number of carbonyl (C=O) groups is 2. The van der Waals surface area contributed by atoms with E-state index in [4.69, 9.17) is 4.74 Å². The Balaban J connectivity index is 1.90. The van der Waals surface area contributed by atoms with Gasteiger partial charge in [-0.25, -0.2) is 4.79 Å². The highest BCUT2D eigenvalue weighted by molar-refractivity contribution is 5.97. The highest BCUT2D eigenvalue weighted by atomic mass is 16.6. The van der Waals surface area contributed by atoms with Crippen molar-refractivity contribution in [3.63, 3.8) is 0 Å². The number of carbonyl (C=O) groups excluding carboxylic acids is 2. The lowest BCUT2D eigenvalue weighted by Crippen LogP contribution is -2.43. The van der Waals surface area contributed by atoms with Crippen molar-refractivity contribution < 1.29 is 14.3 Å². The number of aromatic nitrogens is 1. The Morgan fingerprint density at radius 3 is 2.36 bits per heavy atom. The molecule has 120 valence electrons. The maximum atomic E-state index is 12.4. The van der Waals surface area contributed by atoms with Gasteiger partial charge in [0.05, 0.1) is 0 Å². The van der Waals surface area contributed by atoms with Crippen molar-refractivity contribution in [2.24, 2.45) is 5.92 Å². The van der Waals surface area contributed by atoms with E-state index < -0.39 is 5.60 Å². The summed E-state index contributed by atoms with van der Waals surface area (Å²) in [5.41, 5.74) is 1.06. The van der Waals surface area contributed by atoms with E-state index in [2.05, 4.69) is 4.98 Å². The van der Waals surface area contributed by atoms with Crippen molar-refractivity contribution in [1.29, 1.82) is 0 Å². The van der Waals surface area contributed by atoms with Crippen molar-refractivity contribution in [3.8, 4) is 0 Å². The van der Waals surface area contributed by atoms with Crippen LogP contribution in [-0.4, -0.2) is 40.5 Å². The zero-order chi connectivity index (χ0) is 16.3. The molecule has 0 aromatic carbocycles. The van der Waals surface area contributed by atoms with Crippen LogP contribution in [0.1, 0.15) is 49.7 Å². The molecule has 1 aromatic heterocycles. The van der Waals surface area contributed by atoms with Crippen LogP contribution in [0.4, 0.5) is 4.79 Å². The lowest BCUT2D eigenvalue weighted by Gasteiger charge is -2.32. The predicted octanol–water partition coefficient (Wildman–Crippen LogP) is 3.22. The molecule has 2 rings (SSSR count). The van der Waals surface area contributed by atoms with Gasteiger partial charge in [0.25, 0.3) is 0 Å². The molecule has 0 bridgehead atoms. The second kappa shape index (κ2) is 6.46. The Bertz CT molecular complexity index is 538. The van der Waals surface area contributed by atoms with E-state index in [0.29, 0.717) is 31.5 Å². The first kappa shape index (κ1) is 16.5. The molecule has 5 nitrogen and oxygen atoms in total. The molecule has 0 saturated carbocycles. The lowest BCUT2D eigenvalue weighted by molar-refractivity contribution is 0.0182. The molecular formula is C17H24N2O3. The minimum Gasteiger partial charge on any atom is -0.444 e. The van der Waals surface area contributed by atoms with Gasteiger partial charge < -0.3 is 9.64 Å². The molecule has 1 amide bonds. The zero-order valence-electron chi connectivity index (χ0n) is 13.8. The summed E-state index contributed by atoms with van der Waals surface area (Å²) in [5.74, 6) is 0.0829. The van der Waals surface area contributed by atoms with Gasteiger partial charge >= 0.3 is 6.09 Å². The molecule has 0 aliphatic carbocycles. The van der Waals surface area contributed by atoms with Gasteiger partial charge in [0.2, 0.25) is 0 Å². The fourth-order valence-electron chi connectivity index (χ4n) is 2.50. The van der Waals surface area contributed by atoms with Crippen LogP contribution in [0, 0.1) is 12.8 Å². The van der Waals surface area contributed by atoms with Gasteiger partial charge in [-0.2, -0.15) is 0 Å². The van der Waals surface area contributed by atoms with E-state index >= 15 is 0 Å². The van der Waals surface area contributed by atoms with Crippen LogP contribution in [-0.2, 0) is 4.74 Å². The van der Waals surface area contributed by atoms with Gasteiger partial charge in [0, 0.05) is 36.5 Å². The second-order valence-corrected chi connectivity index (χ2v) is 6.79. The van der Waals surface area contributed by atoms with Crippen LogP contribution in [0.5, 0.6) is 0 Å². The largest absolute Gasteiger partial charge is 0.444 e. The topological polar surface area (TPSA) is 59.5 Å². The number of hydrogen-bond acceptors (Lipinski definition) is 4. The van der Waals surface area contributed by atoms with Crippen molar-refractivity contribution in [2.45, 2.75) is 46.1 Å². The van der Waals surface area contributed by atoms with Gasteiger partial charge in [-0.15, -0.1) is 0 Å². The molecule has 0 spiro atoms. The normalized spacial score (nSPS) is 16.5. The van der Waals surface area contributed by atoms with Crippen molar-refractivity contribution in [3.05, 3.63) is 29.6 Å². The molecule has 2 heterocycles. The molecule has 22 heavy (non-hydrogen) atoms. The first-order valence-electron chi connectivity index (χ1n) is 7.71. The number of Topliss-reactive ketones (excluding diaryl/α,β-unsaturated/α-hetero) is 1. The van der Waals surface area contributed by atoms with Crippen LogP contribution >= 0.6 is 0 Å². The van der Waals surface area contributed by atoms with Gasteiger partial charge in [0.15, 0.2) is 5.78 Å². The third-order valence-electron chi connectivity index (χ3n) is 3.71. The molecule has 1 aromatic rings. The number of hydrogen-bond donors (Lipinski definition) is 0. The van der Waals surface area contributed by atoms with E-state index in [0.717, 1.165) is 5.69 Å². The zero-order valence-corrected chi connectivity index (χ0v) is 13.8. The predicted molar refractivity (Wildman–Crippen MR) is 83.8 cm³/mol. The third-order valence-corrected chi connectivity index (χ3v) is 3.71. The van der Waals surface area contributed by atoms with Gasteiger partial charge in [-0.3, -0.25) is 9.78 Å². The molecule has 1 aliphatic heterocycles. The van der Waals surface area contributed by atoms with Crippen molar-refractivity contribution >= 4 is 11.9 Å². The van der Waals surface area contributed by atoms with Gasteiger partial charge in [-0.05, 0) is 52.7 Å². The van der Waals surface area contributed by atoms with Crippen LogP contribution in [0.3, 0.4) is 0 Å². The van der Waals surface area contributed by atoms with E-state index in [1.807, 2.05) is 39.8 Å². The Labute approximate surface area is 131 Å². The number of ether oxygens (including phenoxy) is 1. The Kier molecular flexibility index (Phi) is 4.84. The van der Waals surface area contributed by atoms with Crippen LogP contribution in [0.25, 0.3) is 0 Å². The Morgan fingerprint density at radius 2 is 1.86 bits per heavy atom. The molecule has 0 N–H and O–H groups in total. The Morgan fingerprint density at radius 1 is 1.23 bits per heavy atom. The molecule has 0 atom stereocenters. The summed E-state index contributed by atoms with van der Waals surface area (Å²) in [7, 11) is 0. The van der Waals surface area contributed by atoms with Crippen molar-refractivity contribution in [1.82, 2.24) is 9.88 Å². The molecule has 0 unspecified atom stereocenters. The van der Waals surface area contributed by atoms with Crippen LogP contribution in [0.2, 0.25) is 0 Å². The number of ketones is 1. The SMILES string of the molecule is Cc1ccc(C(=O)C2CCN(C(=O)OC(C)(C)C)CC2)cn1. The van der Waals surface area contributed by atoms with Crippen LogP contribution < -0.4 is 0 Å². The average Bonchev–Trinajstić information content (AvgIpc) is 2.46. The summed E-state index contributed by atoms with van der Waals surface area (Å²) >= 11 is 0. The van der Waals surface area contributed by atoms with Gasteiger partial charge in [0.1, 0.15) is 5.60 Å². The number of amides is 1. The number of rotatable bonds is 2. The molecule has 1 aliphatic rings. The highest BCUT2D eigenvalue weighted by Crippen LogP contribution is 2.23. The second-order valence-electron chi connectivity index (χ2n) is 6.79. The number of piperidine rings is 1. The maximum Gasteiger partial charge on any atom is 0.410 e. The number of pyridine rings is 1. The van der Waals surface area contributed by atoms with E-state index in [1.165, 1.54) is 0 Å². The van der Waals surface area contributed by atoms with Crippen LogP contribution in [0.15, 0.2) is 18.3 Å². The Hall–Kier alpha value is -1.91. The first-order chi connectivity index (χ1) is 10.3. The van der Waals surface area contributed by atoms with E-state index in [9.17, 15) is 9.59 Å². The third kappa shape index (κ3) is 4.29. The quantitative estimate of drug-likeness (QED) is 0.787. The molecule has 5 heteroatoms. The standard InChI is InChI=1S/C17H24N2O3/c1-12-5-6-14(11-18-12)15(20)13-7-9-19(10-8-13)16(21)22-17(2,3)4/h5-6,11,13H,7-10H2,1-4H3. The van der Waals surface area contributed by atoms with E-state index in [1.54, 1.807) is 11.1 Å². The lowest BCUT2D eigenvalue weighted by atomic mass is 9.89. The summed E-state index contributed by atoms with van der Waals surface area (Å²) in [4.78, 5) is 30.3. The smallest absolute Gasteiger partial charge is 0.410 e. The molecule has 0 radical (unpaired) electrons. The minimum absolute atomic E-state index is 0.0387. The van der Waals surface area contributed by atoms with Gasteiger partial charge in [-0.1, -0.05) is 0 Å². The number of aryl methyl sites for hydroxylation is 1. The number of likely N-dealkylation sites (tertiary alicyclic amines) is 1. The van der Waals surface area contributed by atoms with Crippen molar-refractivity contribution in [2.75, 3.05) is 13.1 Å². The maximum absolute atomic E-state index is 12.4.